The molecule has 1 aromatic carbocycles. The smallest absolute Gasteiger partial charge is 0.387 e. The van der Waals surface area contributed by atoms with Gasteiger partial charge in [0, 0.05) is 17.2 Å². The van der Waals surface area contributed by atoms with Crippen molar-refractivity contribution in [2.75, 3.05) is 0 Å². The predicted octanol–water partition coefficient (Wildman–Crippen LogP) is 3.82. The summed E-state index contributed by atoms with van der Waals surface area (Å²) in [5.41, 5.74) is 0.689. The normalized spacial score (nSPS) is 11.3. The van der Waals surface area contributed by atoms with Crippen molar-refractivity contribution in [1.82, 2.24) is 15.2 Å². The van der Waals surface area contributed by atoms with Crippen LogP contribution in [0.1, 0.15) is 31.2 Å². The van der Waals surface area contributed by atoms with Crippen LogP contribution in [0.15, 0.2) is 29.4 Å². The maximum absolute atomic E-state index is 12.3. The molecule has 0 aliphatic rings. The monoisotopic (exact) mass is 299 g/mol. The number of alkyl halides is 2. The number of hydrogen-bond donors (Lipinski definition) is 1. The number of nitrogens with zero attached hydrogens (tertiary/aromatic N) is 2. The van der Waals surface area contributed by atoms with Gasteiger partial charge in [-0.05, 0) is 6.07 Å². The Balaban J connectivity index is 2.02. The van der Waals surface area contributed by atoms with Crippen molar-refractivity contribution < 1.29 is 13.5 Å². The molecule has 0 amide bonds. The number of thioether (sulfide) groups is 1. The van der Waals surface area contributed by atoms with Crippen molar-refractivity contribution in [2.24, 2.45) is 0 Å². The molecule has 1 N–H and O–H groups in total. The van der Waals surface area contributed by atoms with Crippen molar-refractivity contribution in [3.05, 3.63) is 35.7 Å². The van der Waals surface area contributed by atoms with Gasteiger partial charge in [0.1, 0.15) is 11.6 Å². The van der Waals surface area contributed by atoms with Crippen LogP contribution in [-0.2, 0) is 5.75 Å². The summed E-state index contributed by atoms with van der Waals surface area (Å²) in [5.74, 6) is 1.74. The molecule has 2 aromatic rings. The molecule has 7 heteroatoms. The zero-order valence-corrected chi connectivity index (χ0v) is 12.0. The molecule has 2 rings (SSSR count). The number of para-hydroxylation sites is 1. The number of nitrogens with one attached hydrogen (secondary N) is 1. The van der Waals surface area contributed by atoms with E-state index in [9.17, 15) is 8.78 Å². The standard InChI is InChI=1S/C13H15F2N3OS/c1-8(2)11-16-13(18-17-11)20-7-9-5-3-4-6-10(9)19-12(14)15/h3-6,8,12H,7H2,1-2H3,(H,16,17,18). The summed E-state index contributed by atoms with van der Waals surface area (Å²) in [4.78, 5) is 4.32. The first-order valence-electron chi connectivity index (χ1n) is 6.14. The summed E-state index contributed by atoms with van der Waals surface area (Å²) >= 11 is 1.37. The first kappa shape index (κ1) is 14.8. The molecule has 0 bridgehead atoms. The van der Waals surface area contributed by atoms with Gasteiger partial charge in [-0.15, -0.1) is 5.10 Å². The number of aromatic nitrogens is 3. The SMILES string of the molecule is CC(C)c1nc(SCc2ccccc2OC(F)F)n[nH]1. The topological polar surface area (TPSA) is 50.8 Å². The van der Waals surface area contributed by atoms with Crippen LogP contribution in [0.3, 0.4) is 0 Å². The van der Waals surface area contributed by atoms with E-state index in [0.717, 1.165) is 5.82 Å². The van der Waals surface area contributed by atoms with Crippen LogP contribution in [0.5, 0.6) is 5.75 Å². The van der Waals surface area contributed by atoms with E-state index >= 15 is 0 Å². The van der Waals surface area contributed by atoms with Gasteiger partial charge in [-0.1, -0.05) is 43.8 Å². The second kappa shape index (κ2) is 6.69. The molecular weight excluding hydrogens is 284 g/mol. The average molecular weight is 299 g/mol. The molecule has 0 aliphatic heterocycles. The van der Waals surface area contributed by atoms with Gasteiger partial charge in [0.2, 0.25) is 5.16 Å². The van der Waals surface area contributed by atoms with Gasteiger partial charge in [0.15, 0.2) is 0 Å². The van der Waals surface area contributed by atoms with Crippen molar-refractivity contribution in [3.8, 4) is 5.75 Å². The van der Waals surface area contributed by atoms with E-state index in [0.29, 0.717) is 16.5 Å². The fourth-order valence-electron chi connectivity index (χ4n) is 1.56. The average Bonchev–Trinajstić information content (AvgIpc) is 2.86. The molecule has 0 spiro atoms. The molecule has 0 radical (unpaired) electrons. The Morgan fingerprint density at radius 3 is 2.70 bits per heavy atom. The van der Waals surface area contributed by atoms with E-state index in [-0.39, 0.29) is 11.7 Å². The molecule has 0 saturated carbocycles. The molecular formula is C13H15F2N3OS. The summed E-state index contributed by atoms with van der Waals surface area (Å²) in [6, 6.07) is 6.72. The molecule has 0 aliphatic carbocycles. The third-order valence-electron chi connectivity index (χ3n) is 2.57. The molecule has 0 saturated heterocycles. The number of aromatic amines is 1. The Bertz CT molecular complexity index is 560. The largest absolute Gasteiger partial charge is 0.435 e. The second-order valence-electron chi connectivity index (χ2n) is 4.43. The highest BCUT2D eigenvalue weighted by Crippen LogP contribution is 2.27. The predicted molar refractivity (Wildman–Crippen MR) is 73.1 cm³/mol. The Hall–Kier alpha value is -1.63. The molecule has 0 unspecified atom stereocenters. The van der Waals surface area contributed by atoms with Crippen molar-refractivity contribution in [2.45, 2.75) is 37.3 Å². The third-order valence-corrected chi connectivity index (χ3v) is 3.47. The summed E-state index contributed by atoms with van der Waals surface area (Å²) in [6.07, 6.45) is 0. The highest BCUT2D eigenvalue weighted by Gasteiger charge is 2.11. The van der Waals surface area contributed by atoms with E-state index in [1.807, 2.05) is 13.8 Å². The van der Waals surface area contributed by atoms with Gasteiger partial charge in [0.05, 0.1) is 0 Å². The van der Waals surface area contributed by atoms with Crippen LogP contribution >= 0.6 is 11.8 Å². The summed E-state index contributed by atoms with van der Waals surface area (Å²) in [7, 11) is 0. The first-order valence-corrected chi connectivity index (χ1v) is 7.12. The van der Waals surface area contributed by atoms with Gasteiger partial charge in [-0.3, -0.25) is 5.10 Å². The van der Waals surface area contributed by atoms with Gasteiger partial charge in [-0.25, -0.2) is 4.98 Å². The molecule has 1 aromatic heterocycles. The second-order valence-corrected chi connectivity index (χ2v) is 5.38. The van der Waals surface area contributed by atoms with Crippen LogP contribution in [-0.4, -0.2) is 21.8 Å². The van der Waals surface area contributed by atoms with E-state index in [4.69, 9.17) is 0 Å². The maximum Gasteiger partial charge on any atom is 0.387 e. The van der Waals surface area contributed by atoms with Crippen LogP contribution in [0.2, 0.25) is 0 Å². The van der Waals surface area contributed by atoms with Crippen LogP contribution in [0.25, 0.3) is 0 Å². The number of ether oxygens (including phenoxy) is 1. The summed E-state index contributed by atoms with van der Waals surface area (Å²) < 4.78 is 29.1. The van der Waals surface area contributed by atoms with Crippen molar-refractivity contribution in [1.29, 1.82) is 0 Å². The zero-order chi connectivity index (χ0) is 14.5. The quantitative estimate of drug-likeness (QED) is 0.824. The number of hydrogen-bond acceptors (Lipinski definition) is 4. The molecule has 4 nitrogen and oxygen atoms in total. The van der Waals surface area contributed by atoms with Crippen LogP contribution in [0, 0.1) is 0 Å². The molecule has 0 atom stereocenters. The van der Waals surface area contributed by atoms with Gasteiger partial charge < -0.3 is 4.74 Å². The number of benzene rings is 1. The summed E-state index contributed by atoms with van der Waals surface area (Å²) in [6.45, 7) is 1.21. The lowest BCUT2D eigenvalue weighted by Crippen LogP contribution is -2.03. The van der Waals surface area contributed by atoms with Gasteiger partial charge in [-0.2, -0.15) is 8.78 Å². The highest BCUT2D eigenvalue weighted by molar-refractivity contribution is 7.98. The molecule has 0 fully saturated rings. The number of H-pyrrole nitrogens is 1. The lowest BCUT2D eigenvalue weighted by molar-refractivity contribution is -0.0503. The Labute approximate surface area is 119 Å². The van der Waals surface area contributed by atoms with E-state index in [1.165, 1.54) is 17.8 Å². The van der Waals surface area contributed by atoms with Gasteiger partial charge >= 0.3 is 6.61 Å². The van der Waals surface area contributed by atoms with Crippen LogP contribution < -0.4 is 4.74 Å². The van der Waals surface area contributed by atoms with Crippen molar-refractivity contribution in [3.63, 3.8) is 0 Å². The maximum atomic E-state index is 12.3. The molecule has 108 valence electrons. The van der Waals surface area contributed by atoms with E-state index in [2.05, 4.69) is 19.9 Å². The first-order chi connectivity index (χ1) is 9.56. The third kappa shape index (κ3) is 3.93. The van der Waals surface area contributed by atoms with Gasteiger partial charge in [0.25, 0.3) is 0 Å². The zero-order valence-electron chi connectivity index (χ0n) is 11.1. The minimum atomic E-state index is -2.82. The van der Waals surface area contributed by atoms with Crippen molar-refractivity contribution >= 4 is 11.8 Å². The highest BCUT2D eigenvalue weighted by atomic mass is 32.2. The van der Waals surface area contributed by atoms with E-state index in [1.54, 1.807) is 18.2 Å². The van der Waals surface area contributed by atoms with E-state index < -0.39 is 6.61 Å². The Morgan fingerprint density at radius 2 is 2.05 bits per heavy atom. The fraction of sp³-hybridized carbons (Fsp3) is 0.385. The number of halogens is 2. The lowest BCUT2D eigenvalue weighted by atomic mass is 10.2. The molecule has 1 heterocycles. The number of rotatable bonds is 6. The molecule has 20 heavy (non-hydrogen) atoms. The minimum Gasteiger partial charge on any atom is -0.435 e. The Kier molecular flexibility index (Phi) is 4.94. The fourth-order valence-corrected chi connectivity index (χ4v) is 2.35. The minimum absolute atomic E-state index is 0.189. The lowest BCUT2D eigenvalue weighted by Gasteiger charge is -2.09. The Morgan fingerprint density at radius 1 is 1.30 bits per heavy atom. The summed E-state index contributed by atoms with van der Waals surface area (Å²) in [5, 5.41) is 7.53. The van der Waals surface area contributed by atoms with Crippen LogP contribution in [0.4, 0.5) is 8.78 Å².